The van der Waals surface area contributed by atoms with Gasteiger partial charge in [0.1, 0.15) is 0 Å². The molecule has 1 fully saturated rings. The average molecular weight is 468 g/mol. The number of hydrogen-bond acceptors (Lipinski definition) is 4. The molecule has 2 aromatic carbocycles. The minimum absolute atomic E-state index is 0.165. The first-order valence-corrected chi connectivity index (χ1v) is 9.58. The summed E-state index contributed by atoms with van der Waals surface area (Å²) in [5, 5.41) is 18.8. The number of rotatable bonds is 3. The monoisotopic (exact) mass is 467 g/mol. The van der Waals surface area contributed by atoms with Gasteiger partial charge >= 0.3 is 6.18 Å². The number of aliphatic hydroxyl groups excluding tert-OH is 1. The number of halogens is 4. The number of piperazine rings is 1. The highest BCUT2D eigenvalue weighted by molar-refractivity contribution is 9.10. The SMILES string of the molecule is N#Cc1ccc(N2CCN(C(=O)c3ccccc3Br)CC2CO)cc1C(F)(F)F. The summed E-state index contributed by atoms with van der Waals surface area (Å²) >= 11 is 3.34. The highest BCUT2D eigenvalue weighted by Crippen LogP contribution is 2.35. The molecule has 0 bridgehead atoms. The van der Waals surface area contributed by atoms with Gasteiger partial charge in [0.2, 0.25) is 0 Å². The normalized spacial score (nSPS) is 17.2. The van der Waals surface area contributed by atoms with Gasteiger partial charge in [0, 0.05) is 29.8 Å². The topological polar surface area (TPSA) is 67.6 Å². The number of aliphatic hydroxyl groups is 1. The van der Waals surface area contributed by atoms with Gasteiger partial charge in [-0.25, -0.2) is 0 Å². The van der Waals surface area contributed by atoms with E-state index in [9.17, 15) is 23.1 Å². The van der Waals surface area contributed by atoms with Gasteiger partial charge in [-0.05, 0) is 46.3 Å². The maximum absolute atomic E-state index is 13.3. The first kappa shape index (κ1) is 21.1. The van der Waals surface area contributed by atoms with Crippen LogP contribution in [-0.2, 0) is 6.18 Å². The number of amides is 1. The fraction of sp³-hybridized carbons (Fsp3) is 0.300. The van der Waals surface area contributed by atoms with E-state index in [-0.39, 0.29) is 37.8 Å². The molecule has 0 aliphatic carbocycles. The Morgan fingerprint density at radius 2 is 1.97 bits per heavy atom. The van der Waals surface area contributed by atoms with Crippen molar-refractivity contribution >= 4 is 27.5 Å². The van der Waals surface area contributed by atoms with Crippen LogP contribution in [0.2, 0.25) is 0 Å². The summed E-state index contributed by atoms with van der Waals surface area (Å²) in [4.78, 5) is 16.0. The lowest BCUT2D eigenvalue weighted by Gasteiger charge is -2.42. The largest absolute Gasteiger partial charge is 0.417 e. The van der Waals surface area contributed by atoms with E-state index >= 15 is 0 Å². The van der Waals surface area contributed by atoms with Gasteiger partial charge in [0.15, 0.2) is 0 Å². The van der Waals surface area contributed by atoms with Gasteiger partial charge < -0.3 is 14.9 Å². The molecule has 3 rings (SSSR count). The zero-order valence-electron chi connectivity index (χ0n) is 15.2. The van der Waals surface area contributed by atoms with Crippen molar-refractivity contribution in [3.8, 4) is 6.07 Å². The maximum Gasteiger partial charge on any atom is 0.417 e. The number of carbonyl (C=O) groups is 1. The van der Waals surface area contributed by atoms with E-state index in [0.717, 1.165) is 12.1 Å². The van der Waals surface area contributed by atoms with Crippen molar-refractivity contribution < 1.29 is 23.1 Å². The quantitative estimate of drug-likeness (QED) is 0.747. The summed E-state index contributed by atoms with van der Waals surface area (Å²) in [5.41, 5.74) is -0.732. The van der Waals surface area contributed by atoms with E-state index < -0.39 is 23.3 Å². The number of nitriles is 1. The molecule has 1 unspecified atom stereocenters. The lowest BCUT2D eigenvalue weighted by Crippen LogP contribution is -2.56. The minimum Gasteiger partial charge on any atom is -0.394 e. The molecule has 1 aliphatic rings. The number of hydrogen-bond donors (Lipinski definition) is 1. The van der Waals surface area contributed by atoms with Crippen LogP contribution in [-0.4, -0.2) is 48.2 Å². The van der Waals surface area contributed by atoms with Crippen molar-refractivity contribution in [1.82, 2.24) is 4.90 Å². The number of carbonyl (C=O) groups excluding carboxylic acids is 1. The molecule has 1 atom stereocenters. The molecule has 152 valence electrons. The van der Waals surface area contributed by atoms with Gasteiger partial charge in [0.05, 0.1) is 35.4 Å². The molecule has 1 aliphatic heterocycles. The second-order valence-electron chi connectivity index (χ2n) is 6.60. The van der Waals surface area contributed by atoms with E-state index in [2.05, 4.69) is 15.9 Å². The van der Waals surface area contributed by atoms with Gasteiger partial charge in [-0.3, -0.25) is 4.79 Å². The Morgan fingerprint density at radius 3 is 2.59 bits per heavy atom. The minimum atomic E-state index is -4.66. The van der Waals surface area contributed by atoms with Crippen LogP contribution in [0.1, 0.15) is 21.5 Å². The molecule has 0 spiro atoms. The summed E-state index contributed by atoms with van der Waals surface area (Å²) in [5.74, 6) is -0.216. The molecule has 0 radical (unpaired) electrons. The van der Waals surface area contributed by atoms with Crippen molar-refractivity contribution in [1.29, 1.82) is 5.26 Å². The van der Waals surface area contributed by atoms with Gasteiger partial charge in [-0.15, -0.1) is 0 Å². The summed E-state index contributed by atoms with van der Waals surface area (Å²) in [7, 11) is 0. The molecule has 9 heteroatoms. The third-order valence-corrected chi connectivity index (χ3v) is 5.54. The van der Waals surface area contributed by atoms with Crippen LogP contribution in [0.4, 0.5) is 18.9 Å². The molecule has 5 nitrogen and oxygen atoms in total. The zero-order chi connectivity index (χ0) is 21.2. The lowest BCUT2D eigenvalue weighted by atomic mass is 10.0. The zero-order valence-corrected chi connectivity index (χ0v) is 16.7. The Balaban J connectivity index is 1.85. The predicted octanol–water partition coefficient (Wildman–Crippen LogP) is 3.66. The van der Waals surface area contributed by atoms with E-state index in [1.165, 1.54) is 6.07 Å². The van der Waals surface area contributed by atoms with E-state index in [0.29, 0.717) is 10.0 Å². The Kier molecular flexibility index (Phi) is 6.15. The molecule has 29 heavy (non-hydrogen) atoms. The Labute approximate surface area is 174 Å². The van der Waals surface area contributed by atoms with E-state index in [1.54, 1.807) is 40.1 Å². The molecular weight excluding hydrogens is 451 g/mol. The van der Waals surface area contributed by atoms with Crippen molar-refractivity contribution in [2.45, 2.75) is 12.2 Å². The summed E-state index contributed by atoms with van der Waals surface area (Å²) in [6.45, 7) is 0.377. The first-order valence-electron chi connectivity index (χ1n) is 8.79. The fourth-order valence-corrected chi connectivity index (χ4v) is 3.84. The smallest absolute Gasteiger partial charge is 0.394 e. The van der Waals surface area contributed by atoms with Crippen molar-refractivity contribution in [2.24, 2.45) is 0 Å². The first-order chi connectivity index (χ1) is 13.8. The van der Waals surface area contributed by atoms with E-state index in [1.807, 2.05) is 0 Å². The lowest BCUT2D eigenvalue weighted by molar-refractivity contribution is -0.137. The van der Waals surface area contributed by atoms with Crippen LogP contribution in [0.25, 0.3) is 0 Å². The highest BCUT2D eigenvalue weighted by atomic mass is 79.9. The van der Waals surface area contributed by atoms with Crippen molar-refractivity contribution in [3.05, 3.63) is 63.6 Å². The van der Waals surface area contributed by atoms with Crippen LogP contribution in [0, 0.1) is 11.3 Å². The second-order valence-corrected chi connectivity index (χ2v) is 7.45. The fourth-order valence-electron chi connectivity index (χ4n) is 3.38. The number of nitrogens with zero attached hydrogens (tertiary/aromatic N) is 3. The summed E-state index contributed by atoms with van der Waals surface area (Å²) in [6, 6.07) is 11.4. The average Bonchev–Trinajstić information content (AvgIpc) is 2.72. The Hall–Kier alpha value is -2.57. The molecule has 0 saturated carbocycles. The Bertz CT molecular complexity index is 959. The number of alkyl halides is 3. The molecule has 0 aromatic heterocycles. The van der Waals surface area contributed by atoms with Gasteiger partial charge in [-0.2, -0.15) is 18.4 Å². The van der Waals surface area contributed by atoms with Crippen molar-refractivity contribution in [2.75, 3.05) is 31.1 Å². The third kappa shape index (κ3) is 4.38. The summed E-state index contributed by atoms with van der Waals surface area (Å²) < 4.78 is 40.5. The standard InChI is InChI=1S/C20H17BrF3N3O2/c21-18-4-2-1-3-16(18)19(29)26-7-8-27(15(11-26)12-28)14-6-5-13(10-25)17(9-14)20(22,23)24/h1-6,9,15,28H,7-8,11-12H2. The van der Waals surface area contributed by atoms with Crippen LogP contribution >= 0.6 is 15.9 Å². The molecule has 1 heterocycles. The van der Waals surface area contributed by atoms with E-state index in [4.69, 9.17) is 5.26 Å². The molecule has 1 saturated heterocycles. The third-order valence-electron chi connectivity index (χ3n) is 4.85. The second kappa shape index (κ2) is 8.43. The van der Waals surface area contributed by atoms with Gasteiger partial charge in [0.25, 0.3) is 5.91 Å². The van der Waals surface area contributed by atoms with Crippen molar-refractivity contribution in [3.63, 3.8) is 0 Å². The van der Waals surface area contributed by atoms with Crippen LogP contribution < -0.4 is 4.90 Å². The number of benzene rings is 2. The molecule has 1 amide bonds. The van der Waals surface area contributed by atoms with Crippen LogP contribution in [0.3, 0.4) is 0 Å². The maximum atomic E-state index is 13.3. The van der Waals surface area contributed by atoms with Crippen LogP contribution in [0.15, 0.2) is 46.9 Å². The summed E-state index contributed by atoms with van der Waals surface area (Å²) in [6.07, 6.45) is -4.66. The Morgan fingerprint density at radius 1 is 1.24 bits per heavy atom. The van der Waals surface area contributed by atoms with Gasteiger partial charge in [-0.1, -0.05) is 12.1 Å². The van der Waals surface area contributed by atoms with Crippen LogP contribution in [0.5, 0.6) is 0 Å². The highest BCUT2D eigenvalue weighted by Gasteiger charge is 2.36. The predicted molar refractivity (Wildman–Crippen MR) is 104 cm³/mol. The molecular formula is C20H17BrF3N3O2. The molecule has 2 aromatic rings. The number of anilines is 1. The molecule has 1 N–H and O–H groups in total.